The molecule has 0 N–H and O–H groups in total. The molecule has 2 rings (SSSR count). The highest BCUT2D eigenvalue weighted by Crippen LogP contribution is 2.24. The Kier molecular flexibility index (Phi) is 5.05. The number of esters is 1. The third-order valence-electron chi connectivity index (χ3n) is 2.53. The maximum atomic E-state index is 11.2. The quantitative estimate of drug-likeness (QED) is 0.623. The molecule has 0 aliphatic rings. The summed E-state index contributed by atoms with van der Waals surface area (Å²) in [6.07, 6.45) is 0. The number of nitrogens with zero attached hydrogens (tertiary/aromatic N) is 1. The van der Waals surface area contributed by atoms with Gasteiger partial charge in [0.05, 0.1) is 17.9 Å². The molecule has 0 saturated heterocycles. The fourth-order valence-corrected chi connectivity index (χ4v) is 2.77. The van der Waals surface area contributed by atoms with E-state index in [9.17, 15) is 4.79 Å². The molecule has 2 aromatic rings. The molecule has 1 aromatic heterocycles. The van der Waals surface area contributed by atoms with Gasteiger partial charge in [0.1, 0.15) is 5.15 Å². The van der Waals surface area contributed by atoms with Gasteiger partial charge in [-0.3, -0.25) is 4.79 Å². The molecule has 0 aliphatic carbocycles. The molecular weight excluding hydrogens is 282 g/mol. The number of pyridine rings is 1. The van der Waals surface area contributed by atoms with Gasteiger partial charge in [-0.05, 0) is 19.1 Å². The summed E-state index contributed by atoms with van der Waals surface area (Å²) in [5.74, 6) is 0.782. The maximum absolute atomic E-state index is 11.2. The zero-order valence-electron chi connectivity index (χ0n) is 10.6. The van der Waals surface area contributed by atoms with Gasteiger partial charge in [0.25, 0.3) is 0 Å². The summed E-state index contributed by atoms with van der Waals surface area (Å²) < 4.78 is 4.87. The van der Waals surface area contributed by atoms with Crippen LogP contribution in [0.1, 0.15) is 12.5 Å². The Bertz CT molecular complexity index is 589. The number of carbonyl (C=O) groups is 1. The first-order valence-electron chi connectivity index (χ1n) is 5.98. The Labute approximate surface area is 121 Å². The molecule has 5 heteroatoms. The van der Waals surface area contributed by atoms with Crippen LogP contribution in [0.15, 0.2) is 30.3 Å². The molecule has 0 fully saturated rings. The van der Waals surface area contributed by atoms with Crippen molar-refractivity contribution < 1.29 is 9.53 Å². The van der Waals surface area contributed by atoms with Crippen molar-refractivity contribution in [2.45, 2.75) is 12.7 Å². The van der Waals surface area contributed by atoms with E-state index in [-0.39, 0.29) is 5.97 Å². The van der Waals surface area contributed by atoms with Gasteiger partial charge in [-0.2, -0.15) is 0 Å². The highest BCUT2D eigenvalue weighted by molar-refractivity contribution is 7.99. The first kappa shape index (κ1) is 14.2. The minimum Gasteiger partial charge on any atom is -0.465 e. The van der Waals surface area contributed by atoms with Crippen LogP contribution in [-0.4, -0.2) is 23.3 Å². The van der Waals surface area contributed by atoms with Crippen molar-refractivity contribution in [1.29, 1.82) is 0 Å². The second-order valence-corrected chi connectivity index (χ2v) is 5.27. The number of fused-ring (bicyclic) bond motifs is 1. The molecule has 0 unspecified atom stereocenters. The second-order valence-electron chi connectivity index (χ2n) is 3.93. The summed E-state index contributed by atoms with van der Waals surface area (Å²) in [4.78, 5) is 15.6. The molecule has 1 aromatic carbocycles. The van der Waals surface area contributed by atoms with Crippen LogP contribution in [-0.2, 0) is 15.3 Å². The molecule has 19 heavy (non-hydrogen) atoms. The first-order valence-corrected chi connectivity index (χ1v) is 7.51. The van der Waals surface area contributed by atoms with E-state index in [1.54, 1.807) is 6.92 Å². The topological polar surface area (TPSA) is 39.2 Å². The largest absolute Gasteiger partial charge is 0.465 e. The van der Waals surface area contributed by atoms with Crippen molar-refractivity contribution >= 4 is 40.2 Å². The van der Waals surface area contributed by atoms with Gasteiger partial charge in [0.2, 0.25) is 0 Å². The highest BCUT2D eigenvalue weighted by atomic mass is 35.5. The van der Waals surface area contributed by atoms with Gasteiger partial charge in [0.15, 0.2) is 0 Å². The average molecular weight is 296 g/mol. The number of ether oxygens (including phenoxy) is 1. The normalized spacial score (nSPS) is 10.6. The number of rotatable bonds is 5. The third kappa shape index (κ3) is 3.85. The third-order valence-corrected chi connectivity index (χ3v) is 3.82. The number of halogens is 1. The number of para-hydroxylation sites is 1. The van der Waals surface area contributed by atoms with Crippen LogP contribution < -0.4 is 0 Å². The van der Waals surface area contributed by atoms with Crippen molar-refractivity contribution in [2.75, 3.05) is 12.4 Å². The van der Waals surface area contributed by atoms with Crippen molar-refractivity contribution in [3.05, 3.63) is 41.0 Å². The van der Waals surface area contributed by atoms with E-state index in [2.05, 4.69) is 4.98 Å². The Morgan fingerprint density at radius 3 is 3.00 bits per heavy atom. The van der Waals surface area contributed by atoms with Crippen LogP contribution >= 0.6 is 23.4 Å². The van der Waals surface area contributed by atoms with Gasteiger partial charge in [-0.25, -0.2) is 4.98 Å². The minimum atomic E-state index is -0.197. The SMILES string of the molecule is CCOC(=O)CSCc1cc2ccccc2nc1Cl. The van der Waals surface area contributed by atoms with Gasteiger partial charge in [0, 0.05) is 16.7 Å². The van der Waals surface area contributed by atoms with Gasteiger partial charge < -0.3 is 4.74 Å². The molecule has 3 nitrogen and oxygen atoms in total. The van der Waals surface area contributed by atoms with Crippen LogP contribution in [0.5, 0.6) is 0 Å². The number of hydrogen-bond donors (Lipinski definition) is 0. The summed E-state index contributed by atoms with van der Waals surface area (Å²) in [5.41, 5.74) is 1.82. The molecule has 0 atom stereocenters. The van der Waals surface area contributed by atoms with Gasteiger partial charge in [-0.1, -0.05) is 29.8 Å². The van der Waals surface area contributed by atoms with Crippen molar-refractivity contribution in [3.63, 3.8) is 0 Å². The lowest BCUT2D eigenvalue weighted by Gasteiger charge is -2.06. The molecular formula is C14H14ClNO2S. The average Bonchev–Trinajstić information content (AvgIpc) is 2.39. The van der Waals surface area contributed by atoms with Crippen molar-refractivity contribution in [2.24, 2.45) is 0 Å². The van der Waals surface area contributed by atoms with Gasteiger partial charge >= 0.3 is 5.97 Å². The van der Waals surface area contributed by atoms with E-state index in [0.29, 0.717) is 23.3 Å². The second kappa shape index (κ2) is 6.78. The summed E-state index contributed by atoms with van der Waals surface area (Å²) in [6, 6.07) is 9.84. The molecule has 0 bridgehead atoms. The predicted molar refractivity (Wildman–Crippen MR) is 79.5 cm³/mol. The standard InChI is InChI=1S/C14H14ClNO2S/c1-2-18-13(17)9-19-8-11-7-10-5-3-4-6-12(10)16-14(11)15/h3-7H,2,8-9H2,1H3. The molecule has 0 aliphatic heterocycles. The molecule has 0 amide bonds. The van der Waals surface area contributed by atoms with E-state index in [0.717, 1.165) is 16.5 Å². The van der Waals surface area contributed by atoms with Crippen LogP contribution in [0.2, 0.25) is 5.15 Å². The minimum absolute atomic E-state index is 0.197. The molecule has 0 saturated carbocycles. The van der Waals surface area contributed by atoms with Crippen LogP contribution in [0, 0.1) is 0 Å². The fourth-order valence-electron chi connectivity index (χ4n) is 1.68. The molecule has 0 radical (unpaired) electrons. The van der Waals surface area contributed by atoms with E-state index in [4.69, 9.17) is 16.3 Å². The lowest BCUT2D eigenvalue weighted by Crippen LogP contribution is -2.06. The van der Waals surface area contributed by atoms with E-state index in [1.165, 1.54) is 11.8 Å². The van der Waals surface area contributed by atoms with E-state index >= 15 is 0 Å². The smallest absolute Gasteiger partial charge is 0.315 e. The van der Waals surface area contributed by atoms with Crippen LogP contribution in [0.3, 0.4) is 0 Å². The van der Waals surface area contributed by atoms with Crippen LogP contribution in [0.4, 0.5) is 0 Å². The highest BCUT2D eigenvalue weighted by Gasteiger charge is 2.07. The molecule has 0 spiro atoms. The summed E-state index contributed by atoms with van der Waals surface area (Å²) in [6.45, 7) is 2.21. The predicted octanol–water partition coefficient (Wildman–Crippen LogP) is 3.68. The van der Waals surface area contributed by atoms with Crippen molar-refractivity contribution in [1.82, 2.24) is 4.98 Å². The lowest BCUT2D eigenvalue weighted by atomic mass is 10.2. The Morgan fingerprint density at radius 2 is 2.21 bits per heavy atom. The number of thioether (sulfide) groups is 1. The van der Waals surface area contributed by atoms with E-state index in [1.807, 2.05) is 30.3 Å². The Hall–Kier alpha value is -1.26. The van der Waals surface area contributed by atoms with Crippen molar-refractivity contribution in [3.8, 4) is 0 Å². The number of aromatic nitrogens is 1. The zero-order valence-corrected chi connectivity index (χ0v) is 12.1. The first-order chi connectivity index (χ1) is 9.20. The number of hydrogen-bond acceptors (Lipinski definition) is 4. The lowest BCUT2D eigenvalue weighted by molar-refractivity contribution is -0.139. The summed E-state index contributed by atoms with van der Waals surface area (Å²) in [5, 5.41) is 1.55. The van der Waals surface area contributed by atoms with Crippen LogP contribution in [0.25, 0.3) is 10.9 Å². The zero-order chi connectivity index (χ0) is 13.7. The molecule has 1 heterocycles. The summed E-state index contributed by atoms with van der Waals surface area (Å²) in [7, 11) is 0. The maximum Gasteiger partial charge on any atom is 0.315 e. The Balaban J connectivity index is 2.04. The number of carbonyl (C=O) groups excluding carboxylic acids is 1. The monoisotopic (exact) mass is 295 g/mol. The Morgan fingerprint density at radius 1 is 1.42 bits per heavy atom. The fraction of sp³-hybridized carbons (Fsp3) is 0.286. The van der Waals surface area contributed by atoms with Gasteiger partial charge in [-0.15, -0.1) is 11.8 Å². The van der Waals surface area contributed by atoms with E-state index < -0.39 is 0 Å². The summed E-state index contributed by atoms with van der Waals surface area (Å²) >= 11 is 7.62. The molecule has 100 valence electrons. The number of benzene rings is 1.